The summed E-state index contributed by atoms with van der Waals surface area (Å²) in [6.45, 7) is 1.38. The summed E-state index contributed by atoms with van der Waals surface area (Å²) in [5, 5.41) is 12.7. The zero-order valence-corrected chi connectivity index (χ0v) is 14.3. The van der Waals surface area contributed by atoms with Gasteiger partial charge in [-0.05, 0) is 12.1 Å². The van der Waals surface area contributed by atoms with Crippen LogP contribution >= 0.6 is 48.0 Å². The highest BCUT2D eigenvalue weighted by molar-refractivity contribution is 6.35. The quantitative estimate of drug-likeness (QED) is 0.784. The fraction of sp³-hybridized carbons (Fsp3) is 0.500. The molecule has 0 unspecified atom stereocenters. The molecule has 1 aromatic rings. The summed E-state index contributed by atoms with van der Waals surface area (Å²) in [6, 6.07) is 0.414. The van der Waals surface area contributed by atoms with E-state index >= 15 is 0 Å². The lowest BCUT2D eigenvalue weighted by Gasteiger charge is -2.36. The van der Waals surface area contributed by atoms with Crippen molar-refractivity contribution in [2.75, 3.05) is 26.2 Å². The Morgan fingerprint density at radius 1 is 1.14 bits per heavy atom. The Hall–Kier alpha value is -0.110. The molecule has 128 valence electrons. The molecule has 0 aromatic heterocycles. The number of phenolic OH excluding ortho intramolecular Hbond substituents is 1. The molecular weight excluding hydrogens is 387 g/mol. The first-order chi connectivity index (χ1) is 9.30. The number of phenols is 1. The summed E-state index contributed by atoms with van der Waals surface area (Å²) in [7, 11) is 0. The van der Waals surface area contributed by atoms with Crippen LogP contribution in [0.5, 0.6) is 5.75 Å². The van der Waals surface area contributed by atoms with Gasteiger partial charge in [0.15, 0.2) is 0 Å². The lowest BCUT2D eigenvalue weighted by atomic mass is 10.0. The largest absolute Gasteiger partial charge is 0.506 e. The van der Waals surface area contributed by atoms with Gasteiger partial charge in [0, 0.05) is 36.8 Å². The molecule has 1 aromatic carbocycles. The monoisotopic (exact) mass is 400 g/mol. The van der Waals surface area contributed by atoms with E-state index in [0.717, 1.165) is 6.07 Å². The van der Waals surface area contributed by atoms with Gasteiger partial charge < -0.3 is 10.4 Å². The molecule has 10 heteroatoms. The Balaban J connectivity index is 0.00000220. The molecule has 0 bridgehead atoms. The molecular formula is C12H15Cl4F3N2O. The van der Waals surface area contributed by atoms with Crippen LogP contribution in [0.15, 0.2) is 12.1 Å². The van der Waals surface area contributed by atoms with E-state index in [1.165, 1.54) is 11.0 Å². The van der Waals surface area contributed by atoms with Crippen LogP contribution in [0.1, 0.15) is 11.6 Å². The van der Waals surface area contributed by atoms with Gasteiger partial charge in [0.2, 0.25) is 0 Å². The molecule has 0 spiro atoms. The normalized spacial score (nSPS) is 17.3. The van der Waals surface area contributed by atoms with E-state index in [1.807, 2.05) is 0 Å². The van der Waals surface area contributed by atoms with Gasteiger partial charge in [-0.3, -0.25) is 4.90 Å². The van der Waals surface area contributed by atoms with E-state index in [4.69, 9.17) is 23.2 Å². The molecule has 1 atom stereocenters. The number of rotatable bonds is 2. The van der Waals surface area contributed by atoms with Crippen molar-refractivity contribution in [2.45, 2.75) is 12.2 Å². The van der Waals surface area contributed by atoms with E-state index in [9.17, 15) is 18.3 Å². The zero-order valence-electron chi connectivity index (χ0n) is 11.2. The van der Waals surface area contributed by atoms with Gasteiger partial charge in [-0.2, -0.15) is 13.2 Å². The standard InChI is InChI=1S/C12H13Cl2F3N2O.2ClH/c13-7-5-8(10(20)9(14)6-7)11(12(15,16)17)19-3-1-18-2-4-19;;/h5-6,11,18,20H,1-4H2;2*1H/t11-;;/m1../s1. The molecule has 1 heterocycles. The lowest BCUT2D eigenvalue weighted by Crippen LogP contribution is -2.49. The summed E-state index contributed by atoms with van der Waals surface area (Å²) < 4.78 is 40.1. The van der Waals surface area contributed by atoms with Crippen LogP contribution in [0.25, 0.3) is 0 Å². The van der Waals surface area contributed by atoms with Crippen molar-refractivity contribution in [3.63, 3.8) is 0 Å². The van der Waals surface area contributed by atoms with Crippen molar-refractivity contribution in [2.24, 2.45) is 0 Å². The van der Waals surface area contributed by atoms with Crippen LogP contribution in [0.2, 0.25) is 10.0 Å². The highest BCUT2D eigenvalue weighted by Crippen LogP contribution is 2.44. The Bertz CT molecular complexity index is 496. The number of halogens is 7. The number of piperazine rings is 1. The molecule has 22 heavy (non-hydrogen) atoms. The van der Waals surface area contributed by atoms with E-state index in [1.54, 1.807) is 0 Å². The third-order valence-electron chi connectivity index (χ3n) is 3.18. The first-order valence-electron chi connectivity index (χ1n) is 6.00. The second-order valence-corrected chi connectivity index (χ2v) is 5.40. The van der Waals surface area contributed by atoms with Crippen molar-refractivity contribution in [1.82, 2.24) is 10.2 Å². The van der Waals surface area contributed by atoms with Crippen LogP contribution in [0, 0.1) is 0 Å². The number of nitrogens with one attached hydrogen (secondary N) is 1. The summed E-state index contributed by atoms with van der Waals surface area (Å²) in [5.74, 6) is -0.572. The van der Waals surface area contributed by atoms with E-state index < -0.39 is 18.0 Å². The maximum Gasteiger partial charge on any atom is 0.408 e. The molecule has 1 aliphatic heterocycles. The number of aromatic hydroxyl groups is 1. The molecule has 1 fully saturated rings. The predicted octanol–water partition coefficient (Wildman–Crippen LogP) is 4.05. The topological polar surface area (TPSA) is 35.5 Å². The Labute approximate surface area is 148 Å². The number of hydrogen-bond acceptors (Lipinski definition) is 3. The van der Waals surface area contributed by atoms with Crippen molar-refractivity contribution in [3.8, 4) is 5.75 Å². The molecule has 1 saturated heterocycles. The molecule has 2 N–H and O–H groups in total. The Kier molecular flexibility index (Phi) is 8.62. The first-order valence-corrected chi connectivity index (χ1v) is 6.75. The van der Waals surface area contributed by atoms with E-state index in [2.05, 4.69) is 5.32 Å². The van der Waals surface area contributed by atoms with Crippen LogP contribution in [-0.2, 0) is 0 Å². The van der Waals surface area contributed by atoms with Gasteiger partial charge in [0.1, 0.15) is 11.8 Å². The first kappa shape index (κ1) is 21.9. The van der Waals surface area contributed by atoms with Gasteiger partial charge in [0.25, 0.3) is 0 Å². The highest BCUT2D eigenvalue weighted by Gasteiger charge is 2.46. The van der Waals surface area contributed by atoms with Crippen LogP contribution < -0.4 is 5.32 Å². The van der Waals surface area contributed by atoms with Gasteiger partial charge in [-0.15, -0.1) is 24.8 Å². The van der Waals surface area contributed by atoms with E-state index in [-0.39, 0.29) is 53.5 Å². The van der Waals surface area contributed by atoms with Crippen LogP contribution in [-0.4, -0.2) is 42.4 Å². The second kappa shape index (κ2) is 8.66. The van der Waals surface area contributed by atoms with E-state index in [0.29, 0.717) is 13.1 Å². The average molecular weight is 402 g/mol. The van der Waals surface area contributed by atoms with Crippen LogP contribution in [0.4, 0.5) is 13.2 Å². The molecule has 3 nitrogen and oxygen atoms in total. The van der Waals surface area contributed by atoms with Crippen LogP contribution in [0.3, 0.4) is 0 Å². The fourth-order valence-electron chi connectivity index (χ4n) is 2.31. The number of benzene rings is 1. The SMILES string of the molecule is Cl.Cl.Oc1c(Cl)cc(Cl)cc1[C@@H](N1CCNCC1)C(F)(F)F. The third-order valence-corrected chi connectivity index (χ3v) is 3.69. The van der Waals surface area contributed by atoms with Crippen molar-refractivity contribution in [3.05, 3.63) is 27.7 Å². The minimum Gasteiger partial charge on any atom is -0.506 e. The number of hydrogen-bond donors (Lipinski definition) is 2. The van der Waals surface area contributed by atoms with Crippen molar-refractivity contribution < 1.29 is 18.3 Å². The van der Waals surface area contributed by atoms with Crippen molar-refractivity contribution in [1.29, 1.82) is 0 Å². The summed E-state index contributed by atoms with van der Waals surface area (Å²) in [5.41, 5.74) is -0.308. The fourth-order valence-corrected chi connectivity index (χ4v) is 2.82. The molecule has 0 radical (unpaired) electrons. The molecule has 0 saturated carbocycles. The average Bonchev–Trinajstić information content (AvgIpc) is 2.35. The smallest absolute Gasteiger partial charge is 0.408 e. The second-order valence-electron chi connectivity index (χ2n) is 4.56. The lowest BCUT2D eigenvalue weighted by molar-refractivity contribution is -0.188. The molecule has 2 rings (SSSR count). The minimum atomic E-state index is -4.52. The van der Waals surface area contributed by atoms with Crippen molar-refractivity contribution >= 4 is 48.0 Å². The van der Waals surface area contributed by atoms with Gasteiger partial charge >= 0.3 is 6.18 Å². The minimum absolute atomic E-state index is 0. The summed E-state index contributed by atoms with van der Waals surface area (Å²) in [6.07, 6.45) is -4.52. The maximum atomic E-state index is 13.4. The third kappa shape index (κ3) is 4.94. The number of alkyl halides is 3. The zero-order chi connectivity index (χ0) is 14.9. The molecule has 0 aliphatic carbocycles. The Morgan fingerprint density at radius 3 is 2.18 bits per heavy atom. The van der Waals surface area contributed by atoms with Gasteiger partial charge in [-0.25, -0.2) is 0 Å². The molecule has 0 amide bonds. The number of nitrogens with zero attached hydrogens (tertiary/aromatic N) is 1. The predicted molar refractivity (Wildman–Crippen MR) is 85.9 cm³/mol. The van der Waals surface area contributed by atoms with Gasteiger partial charge in [-0.1, -0.05) is 23.2 Å². The highest BCUT2D eigenvalue weighted by atomic mass is 35.5. The van der Waals surface area contributed by atoms with Gasteiger partial charge in [0.05, 0.1) is 5.02 Å². The Morgan fingerprint density at radius 2 is 1.68 bits per heavy atom. The summed E-state index contributed by atoms with van der Waals surface area (Å²) in [4.78, 5) is 1.26. The summed E-state index contributed by atoms with van der Waals surface area (Å²) >= 11 is 11.5. The molecule has 1 aliphatic rings. The maximum absolute atomic E-state index is 13.4.